The zero-order valence-corrected chi connectivity index (χ0v) is 18.2. The van der Waals surface area contributed by atoms with Crippen LogP contribution >= 0.6 is 0 Å². The molecule has 0 unspecified atom stereocenters. The Hall–Kier alpha value is -2.89. The fourth-order valence-electron chi connectivity index (χ4n) is 3.16. The number of carbonyl (C=O) groups is 1. The molecule has 0 aliphatic rings. The average Bonchev–Trinajstić information content (AvgIpc) is 2.70. The van der Waals surface area contributed by atoms with E-state index >= 15 is 0 Å². The second-order valence-corrected chi connectivity index (χ2v) is 7.02. The SMILES string of the molecule is COc1cc(CCC(=O)N(C)CCOc2cc(C)cc(C)c2)cc(OC)c1OC. The molecule has 2 rings (SSSR count). The van der Waals surface area contributed by atoms with Crippen LogP contribution in [0.15, 0.2) is 30.3 Å². The van der Waals surface area contributed by atoms with Gasteiger partial charge in [-0.1, -0.05) is 6.07 Å². The van der Waals surface area contributed by atoms with Crippen molar-refractivity contribution < 1.29 is 23.7 Å². The molecule has 6 heteroatoms. The van der Waals surface area contributed by atoms with Gasteiger partial charge < -0.3 is 23.8 Å². The molecule has 0 radical (unpaired) electrons. The maximum absolute atomic E-state index is 12.5. The summed E-state index contributed by atoms with van der Waals surface area (Å²) < 4.78 is 21.9. The van der Waals surface area contributed by atoms with Crippen molar-refractivity contribution in [3.05, 3.63) is 47.0 Å². The third-order valence-electron chi connectivity index (χ3n) is 4.67. The van der Waals surface area contributed by atoms with Crippen molar-refractivity contribution in [3.63, 3.8) is 0 Å². The number of amides is 1. The Morgan fingerprint density at radius 2 is 1.48 bits per heavy atom. The lowest BCUT2D eigenvalue weighted by Gasteiger charge is -2.18. The van der Waals surface area contributed by atoms with Gasteiger partial charge in [-0.15, -0.1) is 0 Å². The monoisotopic (exact) mass is 401 g/mol. The Morgan fingerprint density at radius 1 is 0.897 bits per heavy atom. The van der Waals surface area contributed by atoms with Gasteiger partial charge in [-0.3, -0.25) is 4.79 Å². The minimum absolute atomic E-state index is 0.0581. The van der Waals surface area contributed by atoms with Gasteiger partial charge in [0.1, 0.15) is 12.4 Å². The summed E-state index contributed by atoms with van der Waals surface area (Å²) in [4.78, 5) is 14.2. The summed E-state index contributed by atoms with van der Waals surface area (Å²) in [5.41, 5.74) is 3.28. The highest BCUT2D eigenvalue weighted by Crippen LogP contribution is 2.38. The summed E-state index contributed by atoms with van der Waals surface area (Å²) in [5, 5.41) is 0. The summed E-state index contributed by atoms with van der Waals surface area (Å²) in [7, 11) is 6.52. The number of ether oxygens (including phenoxy) is 4. The van der Waals surface area contributed by atoms with E-state index in [2.05, 4.69) is 6.07 Å². The first-order chi connectivity index (χ1) is 13.9. The van der Waals surface area contributed by atoms with E-state index in [1.807, 2.05) is 38.1 Å². The number of methoxy groups -OCH3 is 3. The number of benzene rings is 2. The van der Waals surface area contributed by atoms with E-state index in [1.54, 1.807) is 33.3 Å². The van der Waals surface area contributed by atoms with Crippen molar-refractivity contribution in [2.75, 3.05) is 41.5 Å². The Morgan fingerprint density at radius 3 is 2.00 bits per heavy atom. The number of aryl methyl sites for hydroxylation is 3. The van der Waals surface area contributed by atoms with Gasteiger partial charge in [0.2, 0.25) is 11.7 Å². The molecule has 0 bridgehead atoms. The van der Waals surface area contributed by atoms with Crippen molar-refractivity contribution in [1.29, 1.82) is 0 Å². The maximum Gasteiger partial charge on any atom is 0.222 e. The Balaban J connectivity index is 1.88. The van der Waals surface area contributed by atoms with Gasteiger partial charge in [0.05, 0.1) is 27.9 Å². The van der Waals surface area contributed by atoms with Gasteiger partial charge in [-0.2, -0.15) is 0 Å². The number of rotatable bonds is 10. The van der Waals surface area contributed by atoms with E-state index in [9.17, 15) is 4.79 Å². The molecule has 2 aromatic carbocycles. The van der Waals surface area contributed by atoms with Crippen LogP contribution in [0.25, 0.3) is 0 Å². The highest BCUT2D eigenvalue weighted by molar-refractivity contribution is 5.76. The van der Waals surface area contributed by atoms with Gasteiger partial charge in [-0.25, -0.2) is 0 Å². The van der Waals surface area contributed by atoms with Crippen LogP contribution in [-0.4, -0.2) is 52.3 Å². The lowest BCUT2D eigenvalue weighted by molar-refractivity contribution is -0.130. The van der Waals surface area contributed by atoms with Crippen LogP contribution in [-0.2, 0) is 11.2 Å². The highest BCUT2D eigenvalue weighted by Gasteiger charge is 2.15. The molecule has 0 aliphatic heterocycles. The van der Waals surface area contributed by atoms with Gasteiger partial charge in [0.25, 0.3) is 0 Å². The fraction of sp³-hybridized carbons (Fsp3) is 0.435. The number of carbonyl (C=O) groups excluding carboxylic acids is 1. The quantitative estimate of drug-likeness (QED) is 0.606. The zero-order chi connectivity index (χ0) is 21.4. The molecule has 0 spiro atoms. The largest absolute Gasteiger partial charge is 0.493 e. The normalized spacial score (nSPS) is 10.4. The first kappa shape index (κ1) is 22.4. The van der Waals surface area contributed by atoms with E-state index in [1.165, 1.54) is 0 Å². The van der Waals surface area contributed by atoms with Gasteiger partial charge >= 0.3 is 0 Å². The molecular formula is C23H31NO5. The van der Waals surface area contributed by atoms with Gasteiger partial charge in [0.15, 0.2) is 11.5 Å². The second-order valence-electron chi connectivity index (χ2n) is 7.02. The molecule has 6 nitrogen and oxygen atoms in total. The standard InChI is InChI=1S/C23H31NO5/c1-16-11-17(2)13-19(12-16)29-10-9-24(3)22(25)8-7-18-14-20(26-4)23(28-6)21(15-18)27-5/h11-15H,7-10H2,1-6H3. The van der Waals surface area contributed by atoms with Crippen LogP contribution in [0.4, 0.5) is 0 Å². The molecule has 0 aromatic heterocycles. The molecule has 0 aliphatic carbocycles. The number of hydrogen-bond donors (Lipinski definition) is 0. The van der Waals surface area contributed by atoms with E-state index in [-0.39, 0.29) is 5.91 Å². The molecule has 0 saturated carbocycles. The summed E-state index contributed by atoms with van der Waals surface area (Å²) >= 11 is 0. The first-order valence-corrected chi connectivity index (χ1v) is 9.61. The van der Waals surface area contributed by atoms with Crippen LogP contribution in [0.2, 0.25) is 0 Å². The summed E-state index contributed by atoms with van der Waals surface area (Å²) in [6.45, 7) is 5.06. The van der Waals surface area contributed by atoms with Crippen molar-refractivity contribution >= 4 is 5.91 Å². The Bertz CT molecular complexity index is 789. The van der Waals surface area contributed by atoms with Crippen LogP contribution in [0.5, 0.6) is 23.0 Å². The third kappa shape index (κ3) is 6.31. The van der Waals surface area contributed by atoms with E-state index < -0.39 is 0 Å². The molecule has 0 fully saturated rings. The Labute approximate surface area is 173 Å². The molecule has 158 valence electrons. The number of likely N-dealkylation sites (N-methyl/N-ethyl adjacent to an activating group) is 1. The number of hydrogen-bond acceptors (Lipinski definition) is 5. The van der Waals surface area contributed by atoms with Crippen LogP contribution in [0.1, 0.15) is 23.1 Å². The van der Waals surface area contributed by atoms with Crippen LogP contribution in [0, 0.1) is 13.8 Å². The third-order valence-corrected chi connectivity index (χ3v) is 4.67. The Kier molecular flexibility index (Phi) is 8.19. The average molecular weight is 402 g/mol. The van der Waals surface area contributed by atoms with Crippen LogP contribution in [0.3, 0.4) is 0 Å². The van der Waals surface area contributed by atoms with E-state index in [0.717, 1.165) is 22.4 Å². The molecule has 0 N–H and O–H groups in total. The predicted molar refractivity (Wildman–Crippen MR) is 113 cm³/mol. The van der Waals surface area contributed by atoms with Crippen molar-refractivity contribution in [2.24, 2.45) is 0 Å². The lowest BCUT2D eigenvalue weighted by Crippen LogP contribution is -2.31. The molecular weight excluding hydrogens is 370 g/mol. The zero-order valence-electron chi connectivity index (χ0n) is 18.2. The first-order valence-electron chi connectivity index (χ1n) is 9.61. The molecule has 1 amide bonds. The smallest absolute Gasteiger partial charge is 0.222 e. The van der Waals surface area contributed by atoms with E-state index in [0.29, 0.717) is 43.2 Å². The topological polar surface area (TPSA) is 57.2 Å². The highest BCUT2D eigenvalue weighted by atomic mass is 16.5. The molecule has 0 saturated heterocycles. The minimum Gasteiger partial charge on any atom is -0.493 e. The van der Waals surface area contributed by atoms with Crippen molar-refractivity contribution in [3.8, 4) is 23.0 Å². The summed E-state index contributed by atoms with van der Waals surface area (Å²) in [5.74, 6) is 2.61. The van der Waals surface area contributed by atoms with Crippen molar-refractivity contribution in [1.82, 2.24) is 4.90 Å². The minimum atomic E-state index is 0.0581. The van der Waals surface area contributed by atoms with Gasteiger partial charge in [-0.05, 0) is 61.2 Å². The van der Waals surface area contributed by atoms with Crippen molar-refractivity contribution in [2.45, 2.75) is 26.7 Å². The molecule has 0 heterocycles. The van der Waals surface area contributed by atoms with Gasteiger partial charge in [0, 0.05) is 13.5 Å². The fourth-order valence-corrected chi connectivity index (χ4v) is 3.16. The van der Waals surface area contributed by atoms with Crippen LogP contribution < -0.4 is 18.9 Å². The summed E-state index contributed by atoms with van der Waals surface area (Å²) in [6, 6.07) is 9.85. The second kappa shape index (κ2) is 10.6. The number of nitrogens with zero attached hydrogens (tertiary/aromatic N) is 1. The molecule has 29 heavy (non-hydrogen) atoms. The molecule has 2 aromatic rings. The maximum atomic E-state index is 12.5. The molecule has 0 atom stereocenters. The lowest BCUT2D eigenvalue weighted by atomic mass is 10.1. The van der Waals surface area contributed by atoms with E-state index in [4.69, 9.17) is 18.9 Å². The summed E-state index contributed by atoms with van der Waals surface area (Å²) in [6.07, 6.45) is 0.969. The predicted octanol–water partition coefficient (Wildman–Crippen LogP) is 3.80.